The average molecular weight is 290 g/mol. The molecular formula is C17H26N2O2. The Balaban J connectivity index is 1.75. The Labute approximate surface area is 127 Å². The van der Waals surface area contributed by atoms with Crippen LogP contribution in [0.3, 0.4) is 0 Å². The molecule has 0 aromatic heterocycles. The van der Waals surface area contributed by atoms with Crippen molar-refractivity contribution in [3.63, 3.8) is 0 Å². The Morgan fingerprint density at radius 3 is 2.62 bits per heavy atom. The number of benzene rings is 1. The van der Waals surface area contributed by atoms with Crippen LogP contribution in [0.4, 0.5) is 0 Å². The van der Waals surface area contributed by atoms with Gasteiger partial charge in [-0.2, -0.15) is 0 Å². The van der Waals surface area contributed by atoms with E-state index in [0.717, 1.165) is 37.4 Å². The molecule has 0 atom stereocenters. The van der Waals surface area contributed by atoms with Gasteiger partial charge in [0.15, 0.2) is 0 Å². The summed E-state index contributed by atoms with van der Waals surface area (Å²) in [4.78, 5) is 12.1. The summed E-state index contributed by atoms with van der Waals surface area (Å²) in [6.07, 6.45) is 4.61. The third-order valence-electron chi connectivity index (χ3n) is 4.37. The number of hydrogen-bond acceptors (Lipinski definition) is 3. The fourth-order valence-corrected chi connectivity index (χ4v) is 2.83. The second-order valence-electron chi connectivity index (χ2n) is 6.13. The average Bonchev–Trinajstić information content (AvgIpc) is 2.51. The summed E-state index contributed by atoms with van der Waals surface area (Å²) in [6, 6.07) is 9.56. The molecule has 0 spiro atoms. The number of para-hydroxylation sites is 1. The summed E-state index contributed by atoms with van der Waals surface area (Å²) in [5.74, 6) is 1.57. The molecule has 1 aromatic carbocycles. The first-order valence-electron chi connectivity index (χ1n) is 7.82. The number of carbonyl (C=O) groups excluding carboxylic acids is 1. The van der Waals surface area contributed by atoms with Crippen LogP contribution in [-0.2, 0) is 4.79 Å². The topological polar surface area (TPSA) is 64.3 Å². The van der Waals surface area contributed by atoms with Crippen molar-refractivity contribution in [1.82, 2.24) is 5.32 Å². The van der Waals surface area contributed by atoms with Gasteiger partial charge in [0.1, 0.15) is 5.75 Å². The predicted octanol–water partition coefficient (Wildman–Crippen LogP) is 2.48. The molecule has 4 heteroatoms. The molecule has 1 aromatic rings. The summed E-state index contributed by atoms with van der Waals surface area (Å²) in [7, 11) is 0. The Bertz CT molecular complexity index is 439. The molecule has 4 nitrogen and oxygen atoms in total. The van der Waals surface area contributed by atoms with E-state index in [1.807, 2.05) is 30.3 Å². The first-order valence-corrected chi connectivity index (χ1v) is 7.82. The predicted molar refractivity (Wildman–Crippen MR) is 84.1 cm³/mol. The molecule has 0 aliphatic heterocycles. The van der Waals surface area contributed by atoms with Crippen molar-refractivity contribution >= 4 is 5.91 Å². The highest BCUT2D eigenvalue weighted by molar-refractivity contribution is 5.77. The molecule has 1 aliphatic carbocycles. The lowest BCUT2D eigenvalue weighted by Crippen LogP contribution is -2.55. The van der Waals surface area contributed by atoms with Gasteiger partial charge < -0.3 is 15.8 Å². The van der Waals surface area contributed by atoms with Crippen molar-refractivity contribution in [3.8, 4) is 5.75 Å². The number of carbonyl (C=O) groups is 1. The molecule has 0 unspecified atom stereocenters. The highest BCUT2D eigenvalue weighted by Crippen LogP contribution is 2.31. The van der Waals surface area contributed by atoms with Gasteiger partial charge in [0.2, 0.25) is 5.91 Å². The number of rotatable bonds is 6. The standard InChI is InChI=1S/C17H26N2O2/c1-14-7-10-17(13-18,11-8-14)19-16(20)9-12-21-15-5-3-2-4-6-15/h2-6,14H,7-13,18H2,1H3,(H,19,20). The van der Waals surface area contributed by atoms with Gasteiger partial charge in [0.25, 0.3) is 0 Å². The molecule has 1 aliphatic rings. The van der Waals surface area contributed by atoms with Crippen molar-refractivity contribution < 1.29 is 9.53 Å². The highest BCUT2D eigenvalue weighted by Gasteiger charge is 2.34. The summed E-state index contributed by atoms with van der Waals surface area (Å²) >= 11 is 0. The van der Waals surface area contributed by atoms with Gasteiger partial charge in [0.05, 0.1) is 18.6 Å². The Morgan fingerprint density at radius 2 is 2.00 bits per heavy atom. The maximum Gasteiger partial charge on any atom is 0.223 e. The van der Waals surface area contributed by atoms with E-state index in [1.165, 1.54) is 0 Å². The minimum Gasteiger partial charge on any atom is -0.493 e. The highest BCUT2D eigenvalue weighted by atomic mass is 16.5. The SMILES string of the molecule is CC1CCC(CN)(NC(=O)CCOc2ccccc2)CC1. The number of amides is 1. The van der Waals surface area contributed by atoms with Gasteiger partial charge in [-0.1, -0.05) is 25.1 Å². The summed E-state index contributed by atoms with van der Waals surface area (Å²) in [6.45, 7) is 3.17. The van der Waals surface area contributed by atoms with Gasteiger partial charge in [-0.25, -0.2) is 0 Å². The van der Waals surface area contributed by atoms with E-state index in [4.69, 9.17) is 10.5 Å². The van der Waals surface area contributed by atoms with Crippen LogP contribution >= 0.6 is 0 Å². The molecule has 1 amide bonds. The van der Waals surface area contributed by atoms with Crippen molar-refractivity contribution in [2.45, 2.75) is 44.6 Å². The third kappa shape index (κ3) is 4.74. The molecule has 21 heavy (non-hydrogen) atoms. The molecular weight excluding hydrogens is 264 g/mol. The van der Waals surface area contributed by atoms with Crippen molar-refractivity contribution in [3.05, 3.63) is 30.3 Å². The maximum absolute atomic E-state index is 12.1. The smallest absolute Gasteiger partial charge is 0.223 e. The van der Waals surface area contributed by atoms with Crippen LogP contribution in [0.5, 0.6) is 5.75 Å². The monoisotopic (exact) mass is 290 g/mol. The second kappa shape index (κ2) is 7.46. The summed E-state index contributed by atoms with van der Waals surface area (Å²) in [5, 5.41) is 3.14. The fourth-order valence-electron chi connectivity index (χ4n) is 2.83. The van der Waals surface area contributed by atoms with Crippen LogP contribution in [0.1, 0.15) is 39.0 Å². The molecule has 0 bridgehead atoms. The van der Waals surface area contributed by atoms with E-state index >= 15 is 0 Å². The Kier molecular flexibility index (Phi) is 5.62. The van der Waals surface area contributed by atoms with E-state index in [1.54, 1.807) is 0 Å². The van der Waals surface area contributed by atoms with Gasteiger partial charge in [-0.05, 0) is 43.7 Å². The third-order valence-corrected chi connectivity index (χ3v) is 4.37. The maximum atomic E-state index is 12.1. The minimum absolute atomic E-state index is 0.0333. The van der Waals surface area contributed by atoms with Gasteiger partial charge in [-0.15, -0.1) is 0 Å². The lowest BCUT2D eigenvalue weighted by atomic mass is 9.77. The number of hydrogen-bond donors (Lipinski definition) is 2. The summed E-state index contributed by atoms with van der Waals surface area (Å²) < 4.78 is 5.56. The van der Waals surface area contributed by atoms with E-state index in [0.29, 0.717) is 19.6 Å². The molecule has 0 heterocycles. The van der Waals surface area contributed by atoms with E-state index in [2.05, 4.69) is 12.2 Å². The molecule has 1 saturated carbocycles. The zero-order valence-electron chi connectivity index (χ0n) is 12.8. The molecule has 0 radical (unpaired) electrons. The minimum atomic E-state index is -0.198. The van der Waals surface area contributed by atoms with E-state index in [-0.39, 0.29) is 11.4 Å². The van der Waals surface area contributed by atoms with Crippen LogP contribution in [0.15, 0.2) is 30.3 Å². The lowest BCUT2D eigenvalue weighted by molar-refractivity contribution is -0.124. The first kappa shape index (κ1) is 15.8. The van der Waals surface area contributed by atoms with Crippen LogP contribution < -0.4 is 15.8 Å². The van der Waals surface area contributed by atoms with Crippen molar-refractivity contribution in [1.29, 1.82) is 0 Å². The number of nitrogens with one attached hydrogen (secondary N) is 1. The van der Waals surface area contributed by atoms with Crippen LogP contribution in [-0.4, -0.2) is 24.6 Å². The van der Waals surface area contributed by atoms with Crippen LogP contribution in [0, 0.1) is 5.92 Å². The zero-order valence-corrected chi connectivity index (χ0v) is 12.8. The van der Waals surface area contributed by atoms with Gasteiger partial charge >= 0.3 is 0 Å². The van der Waals surface area contributed by atoms with Crippen molar-refractivity contribution in [2.75, 3.05) is 13.2 Å². The van der Waals surface area contributed by atoms with Gasteiger partial charge in [-0.3, -0.25) is 4.79 Å². The number of nitrogens with two attached hydrogens (primary N) is 1. The van der Waals surface area contributed by atoms with E-state index < -0.39 is 0 Å². The fraction of sp³-hybridized carbons (Fsp3) is 0.588. The Morgan fingerprint density at radius 1 is 1.33 bits per heavy atom. The second-order valence-corrected chi connectivity index (χ2v) is 6.13. The van der Waals surface area contributed by atoms with Gasteiger partial charge in [0, 0.05) is 6.54 Å². The van der Waals surface area contributed by atoms with E-state index in [9.17, 15) is 4.79 Å². The quantitative estimate of drug-likeness (QED) is 0.846. The zero-order chi connectivity index (χ0) is 15.1. The van der Waals surface area contributed by atoms with Crippen molar-refractivity contribution in [2.24, 2.45) is 11.7 Å². The van der Waals surface area contributed by atoms with Crippen LogP contribution in [0.25, 0.3) is 0 Å². The molecule has 116 valence electrons. The Hall–Kier alpha value is -1.55. The largest absolute Gasteiger partial charge is 0.493 e. The molecule has 2 rings (SSSR count). The normalized spacial score (nSPS) is 25.3. The molecule has 3 N–H and O–H groups in total. The number of ether oxygens (including phenoxy) is 1. The molecule has 1 fully saturated rings. The summed E-state index contributed by atoms with van der Waals surface area (Å²) in [5.41, 5.74) is 5.71. The van der Waals surface area contributed by atoms with Crippen LogP contribution in [0.2, 0.25) is 0 Å². The first-order chi connectivity index (χ1) is 10.1. The lowest BCUT2D eigenvalue weighted by Gasteiger charge is -2.39. The molecule has 0 saturated heterocycles.